The quantitative estimate of drug-likeness (QED) is 0.540. The van der Waals surface area contributed by atoms with E-state index in [1.807, 2.05) is 6.92 Å². The zero-order chi connectivity index (χ0) is 22.8. The molecule has 0 spiro atoms. The van der Waals surface area contributed by atoms with Crippen LogP contribution in [0.15, 0.2) is 30.5 Å². The number of ether oxygens (including phenoxy) is 1. The highest BCUT2D eigenvalue weighted by Crippen LogP contribution is 2.31. The Bertz CT molecular complexity index is 1160. The van der Waals surface area contributed by atoms with Crippen LogP contribution in [0, 0.1) is 12.8 Å². The van der Waals surface area contributed by atoms with Crippen molar-refractivity contribution in [1.82, 2.24) is 25.0 Å². The largest absolute Gasteiger partial charge is 0.441 e. The van der Waals surface area contributed by atoms with E-state index in [1.165, 1.54) is 4.68 Å². The van der Waals surface area contributed by atoms with Crippen molar-refractivity contribution in [2.75, 3.05) is 10.6 Å². The van der Waals surface area contributed by atoms with Crippen LogP contribution < -0.4 is 10.6 Å². The first-order valence-corrected chi connectivity index (χ1v) is 10.5. The summed E-state index contributed by atoms with van der Waals surface area (Å²) in [6, 6.07) is 6.99. The van der Waals surface area contributed by atoms with E-state index >= 15 is 0 Å². The smallest absolute Gasteiger partial charge is 0.413 e. The Morgan fingerprint density at radius 2 is 2.00 bits per heavy atom. The molecule has 2 amide bonds. The van der Waals surface area contributed by atoms with Gasteiger partial charge in [-0.2, -0.15) is 0 Å². The molecule has 0 radical (unpaired) electrons. The van der Waals surface area contributed by atoms with Gasteiger partial charge in [0.15, 0.2) is 11.5 Å². The first-order chi connectivity index (χ1) is 15.3. The van der Waals surface area contributed by atoms with Crippen molar-refractivity contribution in [3.05, 3.63) is 46.9 Å². The van der Waals surface area contributed by atoms with Gasteiger partial charge in [-0.1, -0.05) is 22.9 Å². The number of aromatic nitrogens is 5. The van der Waals surface area contributed by atoms with Crippen molar-refractivity contribution in [3.8, 4) is 11.4 Å². The molecule has 1 aliphatic carbocycles. The maximum absolute atomic E-state index is 12.5. The minimum atomic E-state index is -0.700. The Labute approximate surface area is 189 Å². The van der Waals surface area contributed by atoms with Crippen molar-refractivity contribution in [2.24, 2.45) is 13.0 Å². The zero-order valence-corrected chi connectivity index (χ0v) is 18.6. The number of carbonyl (C=O) groups is 2. The molecule has 32 heavy (non-hydrogen) atoms. The molecular formula is C21H22ClN7O3. The third-order valence-electron chi connectivity index (χ3n) is 5.01. The monoisotopic (exact) mass is 455 g/mol. The predicted molar refractivity (Wildman–Crippen MR) is 118 cm³/mol. The second-order valence-corrected chi connectivity index (χ2v) is 7.97. The molecule has 166 valence electrons. The zero-order valence-electron chi connectivity index (χ0n) is 17.8. The van der Waals surface area contributed by atoms with Crippen LogP contribution in [-0.4, -0.2) is 37.0 Å². The fraction of sp³-hybridized carbons (Fsp3) is 0.333. The molecule has 4 rings (SSSR count). The molecule has 0 aromatic carbocycles. The van der Waals surface area contributed by atoms with Gasteiger partial charge in [-0.25, -0.2) is 14.5 Å². The number of hydrogen-bond donors (Lipinski definition) is 2. The van der Waals surface area contributed by atoms with Crippen molar-refractivity contribution in [1.29, 1.82) is 0 Å². The molecule has 0 aliphatic heterocycles. The molecule has 0 unspecified atom stereocenters. The minimum Gasteiger partial charge on any atom is -0.441 e. The number of aryl methyl sites for hydroxylation is 2. The number of anilines is 2. The predicted octanol–water partition coefficient (Wildman–Crippen LogP) is 3.89. The standard InChI is InChI=1S/C21H22ClN7O3/c1-11-4-8-15(18(22)24-11)12(2)32-21(31)26-19-17(27-28-29(19)3)16-9-7-14(10-23-16)25-20(30)13-5-6-13/h4,7-10,12-13H,5-6H2,1-3H3,(H,25,30)(H,26,31)/t12-/m1/s1. The van der Waals surface area contributed by atoms with E-state index in [9.17, 15) is 9.59 Å². The van der Waals surface area contributed by atoms with Gasteiger partial charge in [0, 0.05) is 24.2 Å². The maximum Gasteiger partial charge on any atom is 0.413 e. The topological polar surface area (TPSA) is 124 Å². The van der Waals surface area contributed by atoms with E-state index in [0.29, 0.717) is 28.5 Å². The second kappa shape index (κ2) is 8.91. The molecule has 0 bridgehead atoms. The summed E-state index contributed by atoms with van der Waals surface area (Å²) < 4.78 is 6.87. The van der Waals surface area contributed by atoms with Crippen LogP contribution >= 0.6 is 11.6 Å². The van der Waals surface area contributed by atoms with Gasteiger partial charge in [0.1, 0.15) is 11.3 Å². The molecule has 1 aliphatic rings. The summed E-state index contributed by atoms with van der Waals surface area (Å²) in [5.74, 6) is 0.421. The van der Waals surface area contributed by atoms with Crippen molar-refractivity contribution >= 4 is 35.1 Å². The molecule has 3 aromatic heterocycles. The summed E-state index contributed by atoms with van der Waals surface area (Å²) >= 11 is 6.16. The van der Waals surface area contributed by atoms with Crippen molar-refractivity contribution < 1.29 is 14.3 Å². The molecule has 3 aromatic rings. The number of amides is 2. The molecule has 1 atom stereocenters. The highest BCUT2D eigenvalue weighted by Gasteiger charge is 2.29. The lowest BCUT2D eigenvalue weighted by atomic mass is 10.2. The van der Waals surface area contributed by atoms with Crippen molar-refractivity contribution in [2.45, 2.75) is 32.8 Å². The first kappa shape index (κ1) is 21.7. The van der Waals surface area contributed by atoms with Crippen LogP contribution in [0.2, 0.25) is 5.15 Å². The summed E-state index contributed by atoms with van der Waals surface area (Å²) in [5, 5.41) is 13.8. The summed E-state index contributed by atoms with van der Waals surface area (Å²) in [6.45, 7) is 3.53. The van der Waals surface area contributed by atoms with Gasteiger partial charge in [-0.3, -0.25) is 15.1 Å². The molecule has 3 heterocycles. The Morgan fingerprint density at radius 1 is 1.22 bits per heavy atom. The van der Waals surface area contributed by atoms with Crippen LogP contribution in [0.1, 0.15) is 37.1 Å². The van der Waals surface area contributed by atoms with Gasteiger partial charge in [0.05, 0.1) is 17.6 Å². The fourth-order valence-corrected chi connectivity index (χ4v) is 3.41. The Hall–Kier alpha value is -3.53. The lowest BCUT2D eigenvalue weighted by Crippen LogP contribution is -2.18. The molecule has 1 fully saturated rings. The van der Waals surface area contributed by atoms with E-state index < -0.39 is 12.2 Å². The molecule has 10 nitrogen and oxygen atoms in total. The molecule has 11 heteroatoms. The average Bonchev–Trinajstić information content (AvgIpc) is 3.54. The highest BCUT2D eigenvalue weighted by atomic mass is 35.5. The van der Waals surface area contributed by atoms with Crippen molar-refractivity contribution in [3.63, 3.8) is 0 Å². The summed E-state index contributed by atoms with van der Waals surface area (Å²) in [5.41, 5.74) is 2.82. The van der Waals surface area contributed by atoms with Gasteiger partial charge in [-0.05, 0) is 44.9 Å². The lowest BCUT2D eigenvalue weighted by Gasteiger charge is -2.15. The van der Waals surface area contributed by atoms with Crippen LogP contribution in [0.5, 0.6) is 0 Å². The Kier molecular flexibility index (Phi) is 6.04. The molecular weight excluding hydrogens is 434 g/mol. The number of nitrogens with one attached hydrogen (secondary N) is 2. The van der Waals surface area contributed by atoms with E-state index in [0.717, 1.165) is 18.5 Å². The fourth-order valence-electron chi connectivity index (χ4n) is 3.06. The van der Waals surface area contributed by atoms with Crippen LogP contribution in [-0.2, 0) is 16.6 Å². The number of hydrogen-bond acceptors (Lipinski definition) is 7. The van der Waals surface area contributed by atoms with Crippen LogP contribution in [0.3, 0.4) is 0 Å². The summed E-state index contributed by atoms with van der Waals surface area (Å²) in [4.78, 5) is 32.9. The van der Waals surface area contributed by atoms with Crippen LogP contribution in [0.4, 0.5) is 16.3 Å². The van der Waals surface area contributed by atoms with Gasteiger partial charge in [0.2, 0.25) is 5.91 Å². The first-order valence-electron chi connectivity index (χ1n) is 10.1. The van der Waals surface area contributed by atoms with Gasteiger partial charge in [0.25, 0.3) is 0 Å². The van der Waals surface area contributed by atoms with E-state index in [2.05, 4.69) is 30.9 Å². The normalized spacial score (nSPS) is 14.0. The molecule has 2 N–H and O–H groups in total. The SMILES string of the molecule is Cc1ccc([C@@H](C)OC(=O)Nc2c(-c3ccc(NC(=O)C4CC4)cn3)nnn2C)c(Cl)n1. The third-order valence-corrected chi connectivity index (χ3v) is 5.31. The number of pyridine rings is 2. The number of rotatable bonds is 6. The maximum atomic E-state index is 12.5. The van der Waals surface area contributed by atoms with Gasteiger partial charge in [-0.15, -0.1) is 5.10 Å². The van der Waals surface area contributed by atoms with Gasteiger partial charge >= 0.3 is 6.09 Å². The number of carbonyl (C=O) groups excluding carboxylic acids is 2. The third kappa shape index (κ3) is 4.86. The number of nitrogens with zero attached hydrogens (tertiary/aromatic N) is 5. The molecule has 1 saturated carbocycles. The minimum absolute atomic E-state index is 0.00199. The van der Waals surface area contributed by atoms with Gasteiger partial charge < -0.3 is 10.1 Å². The average molecular weight is 456 g/mol. The number of halogens is 1. The molecule has 0 saturated heterocycles. The summed E-state index contributed by atoms with van der Waals surface area (Å²) in [6.07, 6.45) is 2.07. The second-order valence-electron chi connectivity index (χ2n) is 7.61. The van der Waals surface area contributed by atoms with E-state index in [1.54, 1.807) is 44.4 Å². The Balaban J connectivity index is 1.45. The lowest BCUT2D eigenvalue weighted by molar-refractivity contribution is -0.117. The van der Waals surface area contributed by atoms with Crippen LogP contribution in [0.25, 0.3) is 11.4 Å². The summed E-state index contributed by atoms with van der Waals surface area (Å²) in [7, 11) is 1.64. The highest BCUT2D eigenvalue weighted by molar-refractivity contribution is 6.30. The van der Waals surface area contributed by atoms with E-state index in [-0.39, 0.29) is 17.0 Å². The van der Waals surface area contributed by atoms with E-state index in [4.69, 9.17) is 16.3 Å². The Morgan fingerprint density at radius 3 is 2.66 bits per heavy atom.